The highest BCUT2D eigenvalue weighted by molar-refractivity contribution is 5.66. The van der Waals surface area contributed by atoms with E-state index < -0.39 is 5.97 Å². The number of carboxylic acids is 1. The molecule has 4 heteroatoms. The van der Waals surface area contributed by atoms with Gasteiger partial charge in [0.05, 0.1) is 6.42 Å². The molecule has 0 aliphatic carbocycles. The van der Waals surface area contributed by atoms with E-state index in [1.54, 1.807) is 0 Å². The van der Waals surface area contributed by atoms with Gasteiger partial charge in [-0.1, -0.05) is 25.1 Å². The number of para-hydroxylation sites is 1. The minimum atomic E-state index is -0.704. The highest BCUT2D eigenvalue weighted by Crippen LogP contribution is 2.22. The van der Waals surface area contributed by atoms with E-state index in [0.717, 1.165) is 32.5 Å². The third-order valence-corrected chi connectivity index (χ3v) is 4.12. The van der Waals surface area contributed by atoms with E-state index in [-0.39, 0.29) is 6.42 Å². The second kappa shape index (κ2) is 7.29. The van der Waals surface area contributed by atoms with E-state index >= 15 is 0 Å². The molecule has 0 bridgehead atoms. The van der Waals surface area contributed by atoms with Gasteiger partial charge in [-0.25, -0.2) is 0 Å². The number of rotatable bonds is 6. The predicted octanol–water partition coefficient (Wildman–Crippen LogP) is 2.45. The molecule has 0 radical (unpaired) electrons. The highest BCUT2D eigenvalue weighted by Gasteiger charge is 2.23. The van der Waals surface area contributed by atoms with Crippen LogP contribution in [0.5, 0.6) is 0 Å². The van der Waals surface area contributed by atoms with Gasteiger partial charge >= 0.3 is 5.97 Å². The van der Waals surface area contributed by atoms with Gasteiger partial charge in [0.1, 0.15) is 0 Å². The van der Waals surface area contributed by atoms with Crippen LogP contribution in [0.3, 0.4) is 0 Å². The van der Waals surface area contributed by atoms with Crippen LogP contribution in [0.1, 0.15) is 26.2 Å². The minimum Gasteiger partial charge on any atom is -0.481 e. The number of anilines is 1. The van der Waals surface area contributed by atoms with Gasteiger partial charge in [0.2, 0.25) is 0 Å². The summed E-state index contributed by atoms with van der Waals surface area (Å²) >= 11 is 0. The van der Waals surface area contributed by atoms with E-state index in [1.807, 2.05) is 6.07 Å². The van der Waals surface area contributed by atoms with Gasteiger partial charge in [0.15, 0.2) is 0 Å². The molecule has 110 valence electrons. The molecule has 0 atom stereocenters. The van der Waals surface area contributed by atoms with E-state index in [0.29, 0.717) is 12.6 Å². The topological polar surface area (TPSA) is 43.8 Å². The van der Waals surface area contributed by atoms with E-state index in [2.05, 4.69) is 41.0 Å². The first-order valence-electron chi connectivity index (χ1n) is 7.46. The van der Waals surface area contributed by atoms with Crippen LogP contribution >= 0.6 is 0 Å². The van der Waals surface area contributed by atoms with Crippen LogP contribution in [0, 0.1) is 0 Å². The fraction of sp³-hybridized carbons (Fsp3) is 0.562. The summed E-state index contributed by atoms with van der Waals surface area (Å²) in [6.07, 6.45) is 2.47. The lowest BCUT2D eigenvalue weighted by Crippen LogP contribution is -2.45. The van der Waals surface area contributed by atoms with Crippen LogP contribution in [0.15, 0.2) is 30.3 Å². The van der Waals surface area contributed by atoms with Crippen LogP contribution in [0.25, 0.3) is 0 Å². The third kappa shape index (κ3) is 3.97. The monoisotopic (exact) mass is 276 g/mol. The fourth-order valence-electron chi connectivity index (χ4n) is 2.97. The third-order valence-electron chi connectivity index (χ3n) is 4.12. The Hall–Kier alpha value is -1.55. The molecule has 0 amide bonds. The quantitative estimate of drug-likeness (QED) is 0.867. The molecule has 1 aliphatic heterocycles. The number of hydrogen-bond acceptors (Lipinski definition) is 3. The summed E-state index contributed by atoms with van der Waals surface area (Å²) in [4.78, 5) is 15.4. The summed E-state index contributed by atoms with van der Waals surface area (Å²) in [6, 6.07) is 11.0. The molecule has 4 nitrogen and oxygen atoms in total. The molecule has 0 unspecified atom stereocenters. The molecule has 1 fully saturated rings. The molecule has 0 saturated carbocycles. The van der Waals surface area contributed by atoms with Crippen LogP contribution in [-0.2, 0) is 4.79 Å². The van der Waals surface area contributed by atoms with Crippen molar-refractivity contribution in [2.45, 2.75) is 32.2 Å². The zero-order chi connectivity index (χ0) is 14.4. The van der Waals surface area contributed by atoms with Crippen molar-refractivity contribution >= 4 is 11.7 Å². The lowest BCUT2D eigenvalue weighted by Gasteiger charge is -2.39. The Morgan fingerprint density at radius 1 is 1.30 bits per heavy atom. The van der Waals surface area contributed by atoms with Crippen molar-refractivity contribution in [1.82, 2.24) is 4.90 Å². The van der Waals surface area contributed by atoms with Crippen molar-refractivity contribution in [1.29, 1.82) is 0 Å². The number of aliphatic carboxylic acids is 1. The summed E-state index contributed by atoms with van der Waals surface area (Å²) in [5.74, 6) is -0.704. The molecule has 1 N–H and O–H groups in total. The maximum Gasteiger partial charge on any atom is 0.304 e. The van der Waals surface area contributed by atoms with Gasteiger partial charge in [-0.3, -0.25) is 9.69 Å². The number of carboxylic acid groups (broad SMARTS) is 1. The van der Waals surface area contributed by atoms with E-state index in [9.17, 15) is 4.79 Å². The second-order valence-corrected chi connectivity index (χ2v) is 5.33. The molecule has 1 saturated heterocycles. The number of nitrogens with zero attached hydrogens (tertiary/aromatic N) is 2. The molecule has 1 aromatic carbocycles. The van der Waals surface area contributed by atoms with Gasteiger partial charge in [-0.05, 0) is 31.5 Å². The average molecular weight is 276 g/mol. The summed E-state index contributed by atoms with van der Waals surface area (Å²) in [5, 5.41) is 8.81. The lowest BCUT2D eigenvalue weighted by atomic mass is 10.0. The molecule has 0 spiro atoms. The maximum absolute atomic E-state index is 10.7. The molecule has 1 aliphatic rings. The second-order valence-electron chi connectivity index (χ2n) is 5.33. The number of carbonyl (C=O) groups is 1. The van der Waals surface area contributed by atoms with Gasteiger partial charge in [0, 0.05) is 31.4 Å². The first-order chi connectivity index (χ1) is 9.70. The Morgan fingerprint density at radius 3 is 2.50 bits per heavy atom. The normalized spacial score (nSPS) is 16.6. The van der Waals surface area contributed by atoms with Gasteiger partial charge in [0.25, 0.3) is 0 Å². The van der Waals surface area contributed by atoms with Crippen molar-refractivity contribution < 1.29 is 9.90 Å². The van der Waals surface area contributed by atoms with Gasteiger partial charge < -0.3 is 10.0 Å². The smallest absolute Gasteiger partial charge is 0.304 e. The average Bonchev–Trinajstić information content (AvgIpc) is 2.49. The number of piperidine rings is 1. The Morgan fingerprint density at radius 2 is 1.95 bits per heavy atom. The Kier molecular flexibility index (Phi) is 5.41. The van der Waals surface area contributed by atoms with Crippen LogP contribution < -0.4 is 4.90 Å². The highest BCUT2D eigenvalue weighted by atomic mass is 16.4. The van der Waals surface area contributed by atoms with Crippen molar-refractivity contribution in [3.8, 4) is 0 Å². The van der Waals surface area contributed by atoms with Gasteiger partial charge in [-0.15, -0.1) is 0 Å². The first kappa shape index (κ1) is 14.9. The Balaban J connectivity index is 1.85. The molecular weight excluding hydrogens is 252 g/mol. The van der Waals surface area contributed by atoms with Crippen molar-refractivity contribution in [3.05, 3.63) is 30.3 Å². The summed E-state index contributed by atoms with van der Waals surface area (Å²) < 4.78 is 0. The Labute approximate surface area is 121 Å². The molecule has 0 aromatic heterocycles. The lowest BCUT2D eigenvalue weighted by molar-refractivity contribution is -0.137. The SMILES string of the molecule is CCN(CCC(=O)O)C1CCN(c2ccccc2)CC1. The molecule has 20 heavy (non-hydrogen) atoms. The summed E-state index contributed by atoms with van der Waals surface area (Å²) in [6.45, 7) is 5.83. The summed E-state index contributed by atoms with van der Waals surface area (Å²) in [5.41, 5.74) is 1.29. The zero-order valence-electron chi connectivity index (χ0n) is 12.2. The largest absolute Gasteiger partial charge is 0.481 e. The molecule has 1 aromatic rings. The zero-order valence-corrected chi connectivity index (χ0v) is 12.2. The molecule has 2 rings (SSSR count). The van der Waals surface area contributed by atoms with Crippen LogP contribution in [0.2, 0.25) is 0 Å². The predicted molar refractivity (Wildman–Crippen MR) is 81.2 cm³/mol. The van der Waals surface area contributed by atoms with E-state index in [4.69, 9.17) is 5.11 Å². The minimum absolute atomic E-state index is 0.243. The van der Waals surface area contributed by atoms with Crippen molar-refractivity contribution in [3.63, 3.8) is 0 Å². The molecular formula is C16H24N2O2. The maximum atomic E-state index is 10.7. The van der Waals surface area contributed by atoms with Crippen LogP contribution in [-0.4, -0.2) is 48.2 Å². The van der Waals surface area contributed by atoms with Crippen LogP contribution in [0.4, 0.5) is 5.69 Å². The van der Waals surface area contributed by atoms with Crippen molar-refractivity contribution in [2.75, 3.05) is 31.1 Å². The van der Waals surface area contributed by atoms with Gasteiger partial charge in [-0.2, -0.15) is 0 Å². The molecule has 1 heterocycles. The van der Waals surface area contributed by atoms with Crippen molar-refractivity contribution in [2.24, 2.45) is 0 Å². The number of benzene rings is 1. The summed E-state index contributed by atoms with van der Waals surface area (Å²) in [7, 11) is 0. The number of hydrogen-bond donors (Lipinski definition) is 1. The van der Waals surface area contributed by atoms with E-state index in [1.165, 1.54) is 5.69 Å². The Bertz CT molecular complexity index is 414. The standard InChI is InChI=1S/C16H24N2O2/c1-2-17(13-10-16(19)20)15-8-11-18(12-9-15)14-6-4-3-5-7-14/h3-7,15H,2,8-13H2,1H3,(H,19,20). The first-order valence-corrected chi connectivity index (χ1v) is 7.46. The fourth-order valence-corrected chi connectivity index (χ4v) is 2.97.